The van der Waals surface area contributed by atoms with Crippen molar-refractivity contribution in [1.82, 2.24) is 5.01 Å². The van der Waals surface area contributed by atoms with E-state index in [9.17, 15) is 4.79 Å². The Balaban J connectivity index is 2.26. The van der Waals surface area contributed by atoms with E-state index >= 15 is 0 Å². The molecule has 0 radical (unpaired) electrons. The molecule has 0 aromatic heterocycles. The highest BCUT2D eigenvalue weighted by atomic mass is 16.2. The molecule has 16 heavy (non-hydrogen) atoms. The third kappa shape index (κ3) is 1.60. The van der Waals surface area contributed by atoms with Crippen molar-refractivity contribution in [3.63, 3.8) is 0 Å². The van der Waals surface area contributed by atoms with Crippen molar-refractivity contribution in [3.8, 4) is 0 Å². The van der Waals surface area contributed by atoms with E-state index < -0.39 is 12.1 Å². The first-order chi connectivity index (χ1) is 7.61. The number of nitrogens with zero attached hydrogens (tertiary/aromatic N) is 1. The SMILES string of the molecule is NC1=C(Nc2ccccc2)C(N)N(N)C1=O. The molecule has 1 aliphatic heterocycles. The number of anilines is 1. The molecule has 1 aliphatic rings. The molecule has 6 nitrogen and oxygen atoms in total. The van der Waals surface area contributed by atoms with Crippen LogP contribution in [0.1, 0.15) is 0 Å². The monoisotopic (exact) mass is 219 g/mol. The first kappa shape index (κ1) is 10.5. The van der Waals surface area contributed by atoms with Crippen molar-refractivity contribution in [2.75, 3.05) is 5.32 Å². The lowest BCUT2D eigenvalue weighted by atomic mass is 10.2. The molecule has 0 bridgehead atoms. The van der Waals surface area contributed by atoms with Crippen molar-refractivity contribution in [2.24, 2.45) is 17.3 Å². The van der Waals surface area contributed by atoms with Gasteiger partial charge in [-0.05, 0) is 12.1 Å². The van der Waals surface area contributed by atoms with Crippen LogP contribution in [0.4, 0.5) is 5.69 Å². The molecule has 1 aromatic rings. The lowest BCUT2D eigenvalue weighted by Crippen LogP contribution is -2.47. The first-order valence-electron chi connectivity index (χ1n) is 4.77. The van der Waals surface area contributed by atoms with E-state index in [0.29, 0.717) is 5.70 Å². The van der Waals surface area contributed by atoms with Gasteiger partial charge in [0.15, 0.2) is 0 Å². The molecule has 84 valence electrons. The Bertz CT molecular complexity index is 442. The minimum absolute atomic E-state index is 0.0545. The molecule has 0 saturated carbocycles. The van der Waals surface area contributed by atoms with Gasteiger partial charge in [0.05, 0.1) is 5.70 Å². The van der Waals surface area contributed by atoms with Gasteiger partial charge in [-0.15, -0.1) is 0 Å². The lowest BCUT2D eigenvalue weighted by molar-refractivity contribution is -0.127. The Kier molecular flexibility index (Phi) is 2.51. The van der Waals surface area contributed by atoms with E-state index in [1.165, 1.54) is 0 Å². The lowest BCUT2D eigenvalue weighted by Gasteiger charge is -2.18. The molecule has 2 rings (SSSR count). The molecule has 1 heterocycles. The minimum atomic E-state index is -0.729. The smallest absolute Gasteiger partial charge is 0.287 e. The number of carbonyl (C=O) groups excluding carboxylic acids is 1. The summed E-state index contributed by atoms with van der Waals surface area (Å²) in [5.41, 5.74) is 12.6. The van der Waals surface area contributed by atoms with Crippen LogP contribution >= 0.6 is 0 Å². The summed E-state index contributed by atoms with van der Waals surface area (Å²) in [7, 11) is 0. The maximum absolute atomic E-state index is 11.4. The zero-order chi connectivity index (χ0) is 11.7. The number of amides is 1. The van der Waals surface area contributed by atoms with Crippen LogP contribution in [0.2, 0.25) is 0 Å². The highest BCUT2D eigenvalue weighted by Crippen LogP contribution is 2.19. The number of hydrogen-bond donors (Lipinski definition) is 4. The zero-order valence-electron chi connectivity index (χ0n) is 8.55. The molecule has 1 aromatic carbocycles. The quantitative estimate of drug-likeness (QED) is 0.387. The van der Waals surface area contributed by atoms with Crippen molar-refractivity contribution >= 4 is 11.6 Å². The highest BCUT2D eigenvalue weighted by molar-refractivity contribution is 5.96. The van der Waals surface area contributed by atoms with Crippen molar-refractivity contribution in [1.29, 1.82) is 0 Å². The number of benzene rings is 1. The maximum atomic E-state index is 11.4. The molecular formula is C10H13N5O. The number of hydrogen-bond acceptors (Lipinski definition) is 5. The number of para-hydroxylation sites is 1. The van der Waals surface area contributed by atoms with Gasteiger partial charge in [0.2, 0.25) is 0 Å². The summed E-state index contributed by atoms with van der Waals surface area (Å²) >= 11 is 0. The van der Waals surface area contributed by atoms with Gasteiger partial charge in [-0.2, -0.15) is 0 Å². The van der Waals surface area contributed by atoms with Crippen LogP contribution in [0.15, 0.2) is 41.7 Å². The Morgan fingerprint density at radius 1 is 1.25 bits per heavy atom. The number of carbonyl (C=O) groups is 1. The summed E-state index contributed by atoms with van der Waals surface area (Å²) < 4.78 is 0. The van der Waals surface area contributed by atoms with Gasteiger partial charge in [-0.25, -0.2) is 5.84 Å². The van der Waals surface area contributed by atoms with Gasteiger partial charge in [-0.1, -0.05) is 18.2 Å². The van der Waals surface area contributed by atoms with Gasteiger partial charge in [0.25, 0.3) is 5.91 Å². The second kappa shape index (κ2) is 3.84. The molecule has 0 spiro atoms. The fourth-order valence-electron chi connectivity index (χ4n) is 1.50. The van der Waals surface area contributed by atoms with Gasteiger partial charge < -0.3 is 16.8 Å². The summed E-state index contributed by atoms with van der Waals surface area (Å²) in [6, 6.07) is 9.30. The largest absolute Gasteiger partial charge is 0.393 e. The molecular weight excluding hydrogens is 206 g/mol. The van der Waals surface area contributed by atoms with Crippen LogP contribution in [0.3, 0.4) is 0 Å². The molecule has 0 aliphatic carbocycles. The average Bonchev–Trinajstić information content (AvgIpc) is 2.48. The molecule has 0 fully saturated rings. The standard InChI is InChI=1S/C10H13N5O/c11-7-8(9(12)15(13)10(7)16)14-6-4-2-1-3-5-6/h1-5,9,14H,11-13H2. The van der Waals surface area contributed by atoms with Crippen LogP contribution in [0.25, 0.3) is 0 Å². The van der Waals surface area contributed by atoms with Crippen LogP contribution in [0.5, 0.6) is 0 Å². The Morgan fingerprint density at radius 3 is 2.38 bits per heavy atom. The molecule has 0 saturated heterocycles. The zero-order valence-corrected chi connectivity index (χ0v) is 8.55. The summed E-state index contributed by atoms with van der Waals surface area (Å²) in [5, 5.41) is 3.89. The predicted octanol–water partition coefficient (Wildman–Crippen LogP) is -0.731. The van der Waals surface area contributed by atoms with E-state index in [1.807, 2.05) is 30.3 Å². The van der Waals surface area contributed by atoms with Gasteiger partial charge in [0, 0.05) is 5.69 Å². The molecule has 1 amide bonds. The van der Waals surface area contributed by atoms with E-state index in [2.05, 4.69) is 5.32 Å². The van der Waals surface area contributed by atoms with Crippen molar-refractivity contribution in [3.05, 3.63) is 41.7 Å². The second-order valence-corrected chi connectivity index (χ2v) is 3.48. The Hall–Kier alpha value is -2.05. The summed E-state index contributed by atoms with van der Waals surface area (Å²) in [6.07, 6.45) is -0.729. The normalized spacial score (nSPS) is 20.5. The van der Waals surface area contributed by atoms with Crippen LogP contribution in [0, 0.1) is 0 Å². The topological polar surface area (TPSA) is 110 Å². The molecule has 6 heteroatoms. The Labute approximate surface area is 92.7 Å². The summed E-state index contributed by atoms with van der Waals surface area (Å²) in [6.45, 7) is 0. The van der Waals surface area contributed by atoms with Crippen LogP contribution in [-0.2, 0) is 4.79 Å². The maximum Gasteiger partial charge on any atom is 0.287 e. The van der Waals surface area contributed by atoms with Crippen LogP contribution < -0.4 is 22.6 Å². The number of rotatable bonds is 2. The Morgan fingerprint density at radius 2 is 1.88 bits per heavy atom. The fraction of sp³-hybridized carbons (Fsp3) is 0.100. The van der Waals surface area contributed by atoms with Gasteiger partial charge in [0.1, 0.15) is 11.9 Å². The molecule has 1 atom stereocenters. The van der Waals surface area contributed by atoms with Crippen LogP contribution in [-0.4, -0.2) is 17.1 Å². The number of nitrogens with one attached hydrogen (secondary N) is 1. The number of hydrazine groups is 1. The van der Waals surface area contributed by atoms with E-state index in [4.69, 9.17) is 17.3 Å². The third-order valence-electron chi connectivity index (χ3n) is 2.40. The molecule has 1 unspecified atom stereocenters. The minimum Gasteiger partial charge on any atom is -0.393 e. The predicted molar refractivity (Wildman–Crippen MR) is 60.3 cm³/mol. The third-order valence-corrected chi connectivity index (χ3v) is 2.40. The highest BCUT2D eigenvalue weighted by Gasteiger charge is 2.33. The van der Waals surface area contributed by atoms with E-state index in [0.717, 1.165) is 10.7 Å². The summed E-state index contributed by atoms with van der Waals surface area (Å²) in [4.78, 5) is 11.4. The van der Waals surface area contributed by atoms with Gasteiger partial charge in [-0.3, -0.25) is 9.80 Å². The summed E-state index contributed by atoms with van der Waals surface area (Å²) in [5.74, 6) is 4.99. The second-order valence-electron chi connectivity index (χ2n) is 3.48. The van der Waals surface area contributed by atoms with Gasteiger partial charge >= 0.3 is 0 Å². The van der Waals surface area contributed by atoms with E-state index in [-0.39, 0.29) is 5.70 Å². The molecule has 7 N–H and O–H groups in total. The average molecular weight is 219 g/mol. The van der Waals surface area contributed by atoms with Crippen molar-refractivity contribution < 1.29 is 4.79 Å². The van der Waals surface area contributed by atoms with Crippen molar-refractivity contribution in [2.45, 2.75) is 6.17 Å². The van der Waals surface area contributed by atoms with E-state index in [1.54, 1.807) is 0 Å². The fourth-order valence-corrected chi connectivity index (χ4v) is 1.50. The number of nitrogens with two attached hydrogens (primary N) is 3. The first-order valence-corrected chi connectivity index (χ1v) is 4.77.